The minimum Gasteiger partial charge on any atom is -0.313 e. The number of nitrogens with one attached hydrogen (secondary N) is 2. The molecule has 0 aromatic heterocycles. The van der Waals surface area contributed by atoms with E-state index in [-0.39, 0.29) is 12.1 Å². The minimum absolute atomic E-state index is 0.00461. The number of hydrogen-bond donors (Lipinski definition) is 2. The van der Waals surface area contributed by atoms with E-state index in [9.17, 15) is 8.42 Å². The highest BCUT2D eigenvalue weighted by Gasteiger charge is 2.33. The Bertz CT molecular complexity index is 360. The van der Waals surface area contributed by atoms with Crippen molar-refractivity contribution >= 4 is 10.2 Å². The maximum atomic E-state index is 12.3. The van der Waals surface area contributed by atoms with Crippen molar-refractivity contribution in [1.29, 1.82) is 0 Å². The molecule has 1 saturated carbocycles. The number of rotatable bonds is 6. The molecule has 0 spiro atoms. The van der Waals surface area contributed by atoms with Crippen molar-refractivity contribution in [3.8, 4) is 0 Å². The first kappa shape index (κ1) is 14.2. The summed E-state index contributed by atoms with van der Waals surface area (Å²) in [6.07, 6.45) is 5.42. The largest absolute Gasteiger partial charge is 0.313 e. The Kier molecular flexibility index (Phi) is 4.64. The molecule has 1 atom stereocenters. The van der Waals surface area contributed by atoms with E-state index in [0.717, 1.165) is 25.8 Å². The van der Waals surface area contributed by atoms with Gasteiger partial charge < -0.3 is 5.32 Å². The molecule has 2 N–H and O–H groups in total. The van der Waals surface area contributed by atoms with Crippen molar-refractivity contribution in [3.63, 3.8) is 0 Å². The van der Waals surface area contributed by atoms with Crippen LogP contribution in [-0.4, -0.2) is 43.9 Å². The fourth-order valence-electron chi connectivity index (χ4n) is 2.36. The first-order valence-electron chi connectivity index (χ1n) is 7.01. The van der Waals surface area contributed by atoms with E-state index >= 15 is 0 Å². The molecule has 2 fully saturated rings. The van der Waals surface area contributed by atoms with Gasteiger partial charge in [-0.3, -0.25) is 0 Å². The third-order valence-corrected chi connectivity index (χ3v) is 5.41. The highest BCUT2D eigenvalue weighted by atomic mass is 32.2. The molecule has 5 nitrogen and oxygen atoms in total. The van der Waals surface area contributed by atoms with Crippen LogP contribution >= 0.6 is 0 Å². The van der Waals surface area contributed by atoms with Crippen LogP contribution in [0.25, 0.3) is 0 Å². The van der Waals surface area contributed by atoms with E-state index in [4.69, 9.17) is 0 Å². The van der Waals surface area contributed by atoms with Gasteiger partial charge in [-0.15, -0.1) is 0 Å². The lowest BCUT2D eigenvalue weighted by Gasteiger charge is -2.32. The van der Waals surface area contributed by atoms with Crippen LogP contribution in [0.1, 0.15) is 46.0 Å². The second-order valence-electron chi connectivity index (χ2n) is 5.71. The molecule has 106 valence electrons. The summed E-state index contributed by atoms with van der Waals surface area (Å²) in [5, 5.41) is 3.41. The van der Waals surface area contributed by atoms with Crippen LogP contribution in [0.5, 0.6) is 0 Å². The van der Waals surface area contributed by atoms with Gasteiger partial charge in [0, 0.05) is 24.7 Å². The second-order valence-corrected chi connectivity index (χ2v) is 7.36. The molecule has 1 aliphatic heterocycles. The van der Waals surface area contributed by atoms with Crippen LogP contribution in [0.15, 0.2) is 0 Å². The SMILES string of the molecule is CC(C)N(CC1CCCCN1)S(=O)(=O)NC1CC1. The monoisotopic (exact) mass is 275 g/mol. The van der Waals surface area contributed by atoms with Gasteiger partial charge in [0.2, 0.25) is 0 Å². The molecule has 2 rings (SSSR count). The zero-order chi connectivity index (χ0) is 13.2. The minimum atomic E-state index is -3.31. The van der Waals surface area contributed by atoms with Crippen molar-refractivity contribution in [1.82, 2.24) is 14.3 Å². The highest BCUT2D eigenvalue weighted by molar-refractivity contribution is 7.87. The van der Waals surface area contributed by atoms with Gasteiger partial charge in [-0.2, -0.15) is 17.4 Å². The highest BCUT2D eigenvalue weighted by Crippen LogP contribution is 2.22. The Morgan fingerprint density at radius 2 is 2.00 bits per heavy atom. The molecule has 0 bridgehead atoms. The van der Waals surface area contributed by atoms with Gasteiger partial charge >= 0.3 is 0 Å². The zero-order valence-corrected chi connectivity index (χ0v) is 12.2. The molecule has 1 aliphatic carbocycles. The van der Waals surface area contributed by atoms with E-state index in [1.54, 1.807) is 4.31 Å². The van der Waals surface area contributed by atoms with E-state index in [0.29, 0.717) is 12.6 Å². The Hall–Kier alpha value is -0.170. The lowest BCUT2D eigenvalue weighted by molar-refractivity contribution is 0.279. The lowest BCUT2D eigenvalue weighted by Crippen LogP contribution is -2.52. The average Bonchev–Trinajstić information content (AvgIpc) is 3.10. The van der Waals surface area contributed by atoms with Crippen LogP contribution in [0.3, 0.4) is 0 Å². The first-order valence-corrected chi connectivity index (χ1v) is 8.45. The molecule has 0 aromatic rings. The summed E-state index contributed by atoms with van der Waals surface area (Å²) in [7, 11) is -3.31. The summed E-state index contributed by atoms with van der Waals surface area (Å²) in [6.45, 7) is 5.47. The Morgan fingerprint density at radius 3 is 2.50 bits per heavy atom. The van der Waals surface area contributed by atoms with Gasteiger partial charge in [-0.05, 0) is 46.1 Å². The number of piperidine rings is 1. The predicted octanol–water partition coefficient (Wildman–Crippen LogP) is 0.836. The van der Waals surface area contributed by atoms with Crippen molar-refractivity contribution in [2.24, 2.45) is 0 Å². The molecule has 1 unspecified atom stereocenters. The van der Waals surface area contributed by atoms with Crippen LogP contribution < -0.4 is 10.0 Å². The maximum absolute atomic E-state index is 12.3. The van der Waals surface area contributed by atoms with E-state index < -0.39 is 10.2 Å². The quantitative estimate of drug-likeness (QED) is 0.755. The van der Waals surface area contributed by atoms with Crippen LogP contribution in [0, 0.1) is 0 Å². The van der Waals surface area contributed by atoms with Crippen molar-refractivity contribution in [2.45, 2.75) is 64.1 Å². The Labute approximate surface area is 110 Å². The average molecular weight is 275 g/mol. The molecule has 0 amide bonds. The van der Waals surface area contributed by atoms with Crippen molar-refractivity contribution < 1.29 is 8.42 Å². The summed E-state index contributed by atoms with van der Waals surface area (Å²) in [6, 6.07) is 0.484. The molecule has 0 radical (unpaired) electrons. The first-order chi connectivity index (χ1) is 8.49. The molecule has 6 heteroatoms. The fraction of sp³-hybridized carbons (Fsp3) is 1.00. The molecule has 18 heavy (non-hydrogen) atoms. The molecule has 1 heterocycles. The molecular weight excluding hydrogens is 250 g/mol. The second kappa shape index (κ2) is 5.86. The fourth-order valence-corrected chi connectivity index (χ4v) is 4.09. The summed E-state index contributed by atoms with van der Waals surface area (Å²) in [4.78, 5) is 0. The topological polar surface area (TPSA) is 61.4 Å². The molecule has 0 aromatic carbocycles. The van der Waals surface area contributed by atoms with Gasteiger partial charge in [-0.25, -0.2) is 0 Å². The normalized spacial score (nSPS) is 25.9. The number of hydrogen-bond acceptors (Lipinski definition) is 3. The third-order valence-electron chi connectivity index (χ3n) is 3.59. The van der Waals surface area contributed by atoms with Gasteiger partial charge in [-0.1, -0.05) is 6.42 Å². The standard InChI is InChI=1S/C12H25N3O2S/c1-10(2)15(9-12-5-3-4-8-13-12)18(16,17)14-11-6-7-11/h10-14H,3-9H2,1-2H3. The lowest BCUT2D eigenvalue weighted by atomic mass is 10.1. The van der Waals surface area contributed by atoms with Crippen LogP contribution in [0.4, 0.5) is 0 Å². The Balaban J connectivity index is 1.97. The summed E-state index contributed by atoms with van der Waals surface area (Å²) >= 11 is 0. The predicted molar refractivity (Wildman–Crippen MR) is 72.6 cm³/mol. The summed E-state index contributed by atoms with van der Waals surface area (Å²) < 4.78 is 28.9. The van der Waals surface area contributed by atoms with Gasteiger partial charge in [0.05, 0.1) is 0 Å². The van der Waals surface area contributed by atoms with Crippen LogP contribution in [-0.2, 0) is 10.2 Å². The van der Waals surface area contributed by atoms with Gasteiger partial charge in [0.1, 0.15) is 0 Å². The molecular formula is C12H25N3O2S. The van der Waals surface area contributed by atoms with Gasteiger partial charge in [0.25, 0.3) is 10.2 Å². The summed E-state index contributed by atoms with van der Waals surface area (Å²) in [5.41, 5.74) is 0. The van der Waals surface area contributed by atoms with Crippen LogP contribution in [0.2, 0.25) is 0 Å². The van der Waals surface area contributed by atoms with Crippen molar-refractivity contribution in [2.75, 3.05) is 13.1 Å². The van der Waals surface area contributed by atoms with Gasteiger partial charge in [0.15, 0.2) is 0 Å². The van der Waals surface area contributed by atoms with E-state index in [1.807, 2.05) is 13.8 Å². The van der Waals surface area contributed by atoms with E-state index in [1.165, 1.54) is 12.8 Å². The third kappa shape index (κ3) is 3.91. The van der Waals surface area contributed by atoms with Crippen molar-refractivity contribution in [3.05, 3.63) is 0 Å². The summed E-state index contributed by atoms with van der Waals surface area (Å²) in [5.74, 6) is 0. The maximum Gasteiger partial charge on any atom is 0.279 e. The number of nitrogens with zero attached hydrogens (tertiary/aromatic N) is 1. The molecule has 1 saturated heterocycles. The smallest absolute Gasteiger partial charge is 0.279 e. The van der Waals surface area contributed by atoms with E-state index in [2.05, 4.69) is 10.0 Å². The molecule has 2 aliphatic rings. The zero-order valence-electron chi connectivity index (χ0n) is 11.4. The Morgan fingerprint density at radius 1 is 1.28 bits per heavy atom.